The Hall–Kier alpha value is -1.03. The standard InChI is InChI=1S/C12H14ClN5S/c1-19-12-16-10(13)9(4-14)11(17-12)18-5-7-2-3-8(6-18)15-7/h7-8,15H,2-3,5-6H2,1H3. The summed E-state index contributed by atoms with van der Waals surface area (Å²) in [7, 11) is 0. The molecule has 3 heterocycles. The van der Waals surface area contributed by atoms with Gasteiger partial charge in [0.05, 0.1) is 0 Å². The van der Waals surface area contributed by atoms with Crippen molar-refractivity contribution in [1.82, 2.24) is 15.3 Å². The highest BCUT2D eigenvalue weighted by Gasteiger charge is 2.34. The molecular formula is C12H14ClN5S. The zero-order chi connectivity index (χ0) is 13.4. The van der Waals surface area contributed by atoms with Crippen LogP contribution in [0.25, 0.3) is 0 Å². The fourth-order valence-electron chi connectivity index (χ4n) is 2.79. The van der Waals surface area contributed by atoms with Crippen LogP contribution < -0.4 is 10.2 Å². The van der Waals surface area contributed by atoms with E-state index < -0.39 is 0 Å². The lowest BCUT2D eigenvalue weighted by molar-refractivity contribution is 0.462. The number of fused-ring (bicyclic) bond motifs is 2. The van der Waals surface area contributed by atoms with E-state index in [0.29, 0.717) is 28.6 Å². The van der Waals surface area contributed by atoms with Crippen molar-refractivity contribution in [2.45, 2.75) is 30.1 Å². The fraction of sp³-hybridized carbons (Fsp3) is 0.583. The van der Waals surface area contributed by atoms with Gasteiger partial charge in [-0.05, 0) is 19.1 Å². The molecule has 0 spiro atoms. The first-order chi connectivity index (χ1) is 9.21. The maximum Gasteiger partial charge on any atom is 0.190 e. The molecule has 100 valence electrons. The molecule has 0 radical (unpaired) electrons. The van der Waals surface area contributed by atoms with Gasteiger partial charge < -0.3 is 10.2 Å². The van der Waals surface area contributed by atoms with Crippen molar-refractivity contribution in [3.05, 3.63) is 10.7 Å². The van der Waals surface area contributed by atoms with E-state index in [1.807, 2.05) is 6.26 Å². The van der Waals surface area contributed by atoms with Crippen molar-refractivity contribution in [3.63, 3.8) is 0 Å². The molecule has 3 rings (SSSR count). The second kappa shape index (κ2) is 5.16. The van der Waals surface area contributed by atoms with E-state index in [0.717, 1.165) is 13.1 Å². The van der Waals surface area contributed by atoms with E-state index in [9.17, 15) is 5.26 Å². The van der Waals surface area contributed by atoms with E-state index >= 15 is 0 Å². The predicted molar refractivity (Wildman–Crippen MR) is 75.7 cm³/mol. The van der Waals surface area contributed by atoms with Gasteiger partial charge in [-0.2, -0.15) is 5.26 Å². The van der Waals surface area contributed by atoms with Crippen LogP contribution in [-0.4, -0.2) is 41.4 Å². The molecule has 19 heavy (non-hydrogen) atoms. The van der Waals surface area contributed by atoms with Crippen LogP contribution >= 0.6 is 23.4 Å². The van der Waals surface area contributed by atoms with Gasteiger partial charge in [-0.25, -0.2) is 9.97 Å². The maximum absolute atomic E-state index is 9.28. The molecule has 1 N–H and O–H groups in total. The van der Waals surface area contributed by atoms with Gasteiger partial charge in [-0.1, -0.05) is 23.4 Å². The minimum Gasteiger partial charge on any atom is -0.352 e. The van der Waals surface area contributed by atoms with E-state index in [4.69, 9.17) is 11.6 Å². The van der Waals surface area contributed by atoms with Gasteiger partial charge in [0, 0.05) is 25.2 Å². The SMILES string of the molecule is CSc1nc(Cl)c(C#N)c(N2CC3CCC(C2)N3)n1. The summed E-state index contributed by atoms with van der Waals surface area (Å²) in [4.78, 5) is 10.8. The van der Waals surface area contributed by atoms with E-state index in [1.54, 1.807) is 0 Å². The molecule has 0 aromatic carbocycles. The molecule has 1 aromatic heterocycles. The molecule has 0 saturated carbocycles. The highest BCUT2D eigenvalue weighted by molar-refractivity contribution is 7.98. The Kier molecular flexibility index (Phi) is 3.52. The molecule has 7 heteroatoms. The number of thioether (sulfide) groups is 1. The third-order valence-corrected chi connectivity index (χ3v) is 4.46. The number of halogens is 1. The van der Waals surface area contributed by atoms with Crippen LogP contribution in [0.3, 0.4) is 0 Å². The summed E-state index contributed by atoms with van der Waals surface area (Å²) in [6.45, 7) is 1.76. The first-order valence-corrected chi connectivity index (χ1v) is 7.84. The number of hydrogen-bond acceptors (Lipinski definition) is 6. The zero-order valence-electron chi connectivity index (χ0n) is 10.6. The van der Waals surface area contributed by atoms with Gasteiger partial charge in [0.1, 0.15) is 11.6 Å². The van der Waals surface area contributed by atoms with E-state index in [-0.39, 0.29) is 5.15 Å². The summed E-state index contributed by atoms with van der Waals surface area (Å²) in [5.74, 6) is 0.685. The van der Waals surface area contributed by atoms with Crippen molar-refractivity contribution in [1.29, 1.82) is 5.26 Å². The molecule has 2 saturated heterocycles. The first-order valence-electron chi connectivity index (χ1n) is 6.24. The smallest absolute Gasteiger partial charge is 0.190 e. The third kappa shape index (κ3) is 2.38. The third-order valence-electron chi connectivity index (χ3n) is 3.64. The van der Waals surface area contributed by atoms with E-state index in [2.05, 4.69) is 26.3 Å². The van der Waals surface area contributed by atoms with Gasteiger partial charge in [0.15, 0.2) is 16.1 Å². The molecule has 1 aromatic rings. The average molecular weight is 296 g/mol. The largest absolute Gasteiger partial charge is 0.352 e. The van der Waals surface area contributed by atoms with Crippen LogP contribution in [0.4, 0.5) is 5.82 Å². The Balaban J connectivity index is 1.99. The van der Waals surface area contributed by atoms with Crippen molar-refractivity contribution in [2.24, 2.45) is 0 Å². The molecule has 2 unspecified atom stereocenters. The predicted octanol–water partition coefficient (Wildman–Crippen LogP) is 1.66. The molecule has 2 atom stereocenters. The molecule has 2 aliphatic rings. The first kappa shape index (κ1) is 13.0. The number of rotatable bonds is 2. The Bertz CT molecular complexity index is 532. The topological polar surface area (TPSA) is 64.8 Å². The molecule has 2 aliphatic heterocycles. The molecule has 5 nitrogen and oxygen atoms in total. The van der Waals surface area contributed by atoms with Crippen LogP contribution in [0, 0.1) is 11.3 Å². The second-order valence-electron chi connectivity index (χ2n) is 4.85. The summed E-state index contributed by atoms with van der Waals surface area (Å²) in [5, 5.41) is 13.7. The highest BCUT2D eigenvalue weighted by Crippen LogP contribution is 2.30. The fourth-order valence-corrected chi connectivity index (χ4v) is 3.41. The summed E-state index contributed by atoms with van der Waals surface area (Å²) < 4.78 is 0. The number of nitrogens with one attached hydrogen (secondary N) is 1. The van der Waals surface area contributed by atoms with Gasteiger partial charge in [-0.15, -0.1) is 0 Å². The molecule has 2 fully saturated rings. The molecule has 0 amide bonds. The maximum atomic E-state index is 9.28. The van der Waals surface area contributed by atoms with Crippen molar-refractivity contribution in [3.8, 4) is 6.07 Å². The lowest BCUT2D eigenvalue weighted by Crippen LogP contribution is -2.51. The summed E-state index contributed by atoms with van der Waals surface area (Å²) in [6, 6.07) is 3.13. The summed E-state index contributed by atoms with van der Waals surface area (Å²) in [5.41, 5.74) is 0.390. The number of anilines is 1. The monoisotopic (exact) mass is 295 g/mol. The van der Waals surface area contributed by atoms with Gasteiger partial charge in [0.25, 0.3) is 0 Å². The zero-order valence-corrected chi connectivity index (χ0v) is 12.1. The minimum atomic E-state index is 0.253. The van der Waals surface area contributed by atoms with Crippen molar-refractivity contribution < 1.29 is 0 Å². The Morgan fingerprint density at radius 1 is 1.37 bits per heavy atom. The van der Waals surface area contributed by atoms with Crippen molar-refractivity contribution in [2.75, 3.05) is 24.2 Å². The number of aromatic nitrogens is 2. The van der Waals surface area contributed by atoms with Gasteiger partial charge in [0.2, 0.25) is 0 Å². The van der Waals surface area contributed by atoms with Crippen molar-refractivity contribution >= 4 is 29.2 Å². The minimum absolute atomic E-state index is 0.253. The van der Waals surface area contributed by atoms with Crippen LogP contribution in [0.1, 0.15) is 18.4 Å². The highest BCUT2D eigenvalue weighted by atomic mass is 35.5. The lowest BCUT2D eigenvalue weighted by atomic mass is 10.2. The lowest BCUT2D eigenvalue weighted by Gasteiger charge is -2.34. The van der Waals surface area contributed by atoms with Gasteiger partial charge in [-0.3, -0.25) is 0 Å². The Labute approximate surface area is 121 Å². The Morgan fingerprint density at radius 2 is 2.05 bits per heavy atom. The average Bonchev–Trinajstić information content (AvgIpc) is 2.76. The number of hydrogen-bond donors (Lipinski definition) is 1. The normalized spacial score (nSPS) is 25.4. The number of nitriles is 1. The quantitative estimate of drug-likeness (QED) is 0.509. The van der Waals surface area contributed by atoms with Crippen LogP contribution in [-0.2, 0) is 0 Å². The van der Waals surface area contributed by atoms with E-state index in [1.165, 1.54) is 24.6 Å². The number of nitrogens with zero attached hydrogens (tertiary/aromatic N) is 4. The van der Waals surface area contributed by atoms with Crippen LogP contribution in [0.5, 0.6) is 0 Å². The molecule has 2 bridgehead atoms. The second-order valence-corrected chi connectivity index (χ2v) is 5.99. The molecule has 0 aliphatic carbocycles. The number of piperazine rings is 1. The summed E-state index contributed by atoms with van der Waals surface area (Å²) in [6.07, 6.45) is 4.29. The van der Waals surface area contributed by atoms with Crippen LogP contribution in [0.15, 0.2) is 5.16 Å². The summed E-state index contributed by atoms with van der Waals surface area (Å²) >= 11 is 7.53. The van der Waals surface area contributed by atoms with Gasteiger partial charge >= 0.3 is 0 Å². The van der Waals surface area contributed by atoms with Crippen LogP contribution in [0.2, 0.25) is 5.15 Å². The Morgan fingerprint density at radius 3 is 2.63 bits per heavy atom. The molecular weight excluding hydrogens is 282 g/mol.